The molecule has 1 fully saturated rings. The lowest BCUT2D eigenvalue weighted by Crippen LogP contribution is -2.36. The smallest absolute Gasteiger partial charge is 0.248 e. The van der Waals surface area contributed by atoms with Crippen molar-refractivity contribution >= 4 is 17.2 Å². The van der Waals surface area contributed by atoms with Crippen LogP contribution in [-0.2, 0) is 24.2 Å². The molecule has 3 nitrogen and oxygen atoms in total. The summed E-state index contributed by atoms with van der Waals surface area (Å²) in [4.78, 5) is 17.1. The summed E-state index contributed by atoms with van der Waals surface area (Å²) in [5.41, 5.74) is 8.53. The van der Waals surface area contributed by atoms with E-state index in [0.29, 0.717) is 6.42 Å². The number of hydrogen-bond acceptors (Lipinski definition) is 3. The highest BCUT2D eigenvalue weighted by Crippen LogP contribution is 2.44. The summed E-state index contributed by atoms with van der Waals surface area (Å²) < 4.78 is 26.1. The molecular weight excluding hydrogens is 394 g/mol. The fourth-order valence-electron chi connectivity index (χ4n) is 5.15. The van der Waals surface area contributed by atoms with Crippen molar-refractivity contribution < 1.29 is 13.6 Å². The van der Waals surface area contributed by atoms with Gasteiger partial charge in [0, 0.05) is 64.2 Å². The Balaban J connectivity index is 1.46. The van der Waals surface area contributed by atoms with Crippen LogP contribution in [0.15, 0.2) is 30.3 Å². The molecule has 0 amide bonds. The first-order valence-corrected chi connectivity index (χ1v) is 11.2. The van der Waals surface area contributed by atoms with E-state index in [1.165, 1.54) is 28.1 Å². The molecular formula is C26H32F2N2O. The summed E-state index contributed by atoms with van der Waals surface area (Å²) in [6.07, 6.45) is 1.33. The maximum absolute atomic E-state index is 13.1. The number of ketones is 1. The van der Waals surface area contributed by atoms with E-state index in [0.717, 1.165) is 30.6 Å². The van der Waals surface area contributed by atoms with Gasteiger partial charge in [-0.2, -0.15) is 0 Å². The number of benzene rings is 2. The predicted octanol–water partition coefficient (Wildman–Crippen LogP) is 5.48. The van der Waals surface area contributed by atoms with Gasteiger partial charge in [0.25, 0.3) is 0 Å². The Bertz CT molecular complexity index is 974. The number of carbonyl (C=O) groups excluding carboxylic acids is 1. The van der Waals surface area contributed by atoms with E-state index in [9.17, 15) is 13.6 Å². The van der Waals surface area contributed by atoms with Gasteiger partial charge >= 0.3 is 0 Å². The fourth-order valence-corrected chi connectivity index (χ4v) is 5.15. The van der Waals surface area contributed by atoms with Crippen molar-refractivity contribution in [3.05, 3.63) is 58.1 Å². The molecule has 2 aromatic carbocycles. The van der Waals surface area contributed by atoms with Gasteiger partial charge in [0.1, 0.15) is 5.78 Å². The standard InChI is InChI=1S/C26H32F2N2O/c1-17-11-20-16-30(22-7-5-21(6-8-22)29(3)4)10-9-24(20)18(2)25(17)13-23(31)12-19-14-26(27,28)15-19/h5-8,11,19H,9-10,12-16H2,1-4H3. The molecule has 31 heavy (non-hydrogen) atoms. The van der Waals surface area contributed by atoms with Gasteiger partial charge in [-0.25, -0.2) is 8.78 Å². The molecule has 1 aliphatic carbocycles. The molecule has 0 radical (unpaired) electrons. The minimum atomic E-state index is -2.55. The molecule has 0 bridgehead atoms. The SMILES string of the molecule is Cc1cc2c(c(C)c1CC(=O)CC1CC(F)(F)C1)CCN(c1ccc(N(C)C)cc1)C2. The predicted molar refractivity (Wildman–Crippen MR) is 122 cm³/mol. The molecule has 5 heteroatoms. The first-order chi connectivity index (χ1) is 14.6. The third-order valence-electron chi connectivity index (χ3n) is 6.95. The van der Waals surface area contributed by atoms with Gasteiger partial charge < -0.3 is 9.80 Å². The van der Waals surface area contributed by atoms with E-state index < -0.39 is 5.92 Å². The number of alkyl halides is 2. The molecule has 1 aliphatic heterocycles. The Morgan fingerprint density at radius 3 is 2.45 bits per heavy atom. The van der Waals surface area contributed by atoms with E-state index in [1.807, 2.05) is 14.1 Å². The second-order valence-corrected chi connectivity index (χ2v) is 9.57. The number of Topliss-reactive ketones (excluding diaryl/α,β-unsaturated/α-hetero) is 1. The first kappa shape index (κ1) is 21.8. The van der Waals surface area contributed by atoms with Crippen molar-refractivity contribution in [1.29, 1.82) is 0 Å². The normalized spacial score (nSPS) is 17.8. The summed E-state index contributed by atoms with van der Waals surface area (Å²) in [6.45, 7) is 6.00. The highest BCUT2D eigenvalue weighted by Gasteiger charge is 2.45. The van der Waals surface area contributed by atoms with Crippen LogP contribution >= 0.6 is 0 Å². The Kier molecular flexibility index (Phi) is 5.80. The van der Waals surface area contributed by atoms with Crippen molar-refractivity contribution in [2.24, 2.45) is 5.92 Å². The first-order valence-electron chi connectivity index (χ1n) is 11.2. The largest absolute Gasteiger partial charge is 0.378 e. The van der Waals surface area contributed by atoms with Gasteiger partial charge in [0.15, 0.2) is 0 Å². The van der Waals surface area contributed by atoms with Crippen LogP contribution in [0.2, 0.25) is 0 Å². The van der Waals surface area contributed by atoms with Gasteiger partial charge in [-0.1, -0.05) is 6.07 Å². The fraction of sp³-hybridized carbons (Fsp3) is 0.500. The summed E-state index contributed by atoms with van der Waals surface area (Å²) in [5.74, 6) is -2.61. The number of aryl methyl sites for hydroxylation is 1. The van der Waals surface area contributed by atoms with Gasteiger partial charge in [-0.15, -0.1) is 0 Å². The van der Waals surface area contributed by atoms with Crippen molar-refractivity contribution in [2.45, 2.75) is 58.4 Å². The molecule has 0 atom stereocenters. The molecule has 1 saturated carbocycles. The second-order valence-electron chi connectivity index (χ2n) is 9.57. The van der Waals surface area contributed by atoms with Gasteiger partial charge in [-0.3, -0.25) is 4.79 Å². The number of hydrogen-bond donors (Lipinski definition) is 0. The van der Waals surface area contributed by atoms with Crippen molar-refractivity contribution in [1.82, 2.24) is 0 Å². The molecule has 0 unspecified atom stereocenters. The Hall–Kier alpha value is -2.43. The monoisotopic (exact) mass is 426 g/mol. The second kappa shape index (κ2) is 8.25. The van der Waals surface area contributed by atoms with E-state index >= 15 is 0 Å². The quantitative estimate of drug-likeness (QED) is 0.611. The maximum Gasteiger partial charge on any atom is 0.248 e. The van der Waals surface area contributed by atoms with Gasteiger partial charge in [-0.05, 0) is 78.3 Å². The summed E-state index contributed by atoms with van der Waals surface area (Å²) in [7, 11) is 4.09. The van der Waals surface area contributed by atoms with Crippen LogP contribution in [0, 0.1) is 19.8 Å². The molecule has 1 heterocycles. The highest BCUT2D eigenvalue weighted by molar-refractivity contribution is 5.82. The van der Waals surface area contributed by atoms with Crippen LogP contribution in [0.5, 0.6) is 0 Å². The zero-order valence-corrected chi connectivity index (χ0v) is 19.0. The molecule has 0 N–H and O–H groups in total. The third-order valence-corrected chi connectivity index (χ3v) is 6.95. The van der Waals surface area contributed by atoms with Crippen LogP contribution < -0.4 is 9.80 Å². The summed E-state index contributed by atoms with van der Waals surface area (Å²) in [5, 5.41) is 0. The number of carbonyl (C=O) groups is 1. The highest BCUT2D eigenvalue weighted by atomic mass is 19.3. The van der Waals surface area contributed by atoms with Crippen LogP contribution in [-0.4, -0.2) is 32.3 Å². The van der Waals surface area contributed by atoms with Gasteiger partial charge in [0.2, 0.25) is 5.92 Å². The van der Waals surface area contributed by atoms with Crippen molar-refractivity contribution in [2.75, 3.05) is 30.4 Å². The summed E-state index contributed by atoms with van der Waals surface area (Å²) in [6, 6.07) is 10.9. The minimum Gasteiger partial charge on any atom is -0.378 e. The number of anilines is 2. The van der Waals surface area contributed by atoms with Crippen LogP contribution in [0.4, 0.5) is 20.2 Å². The number of rotatable bonds is 6. The molecule has 166 valence electrons. The van der Waals surface area contributed by atoms with Crippen LogP contribution in [0.25, 0.3) is 0 Å². The number of fused-ring (bicyclic) bond motifs is 1. The Morgan fingerprint density at radius 1 is 1.16 bits per heavy atom. The lowest BCUT2D eigenvalue weighted by molar-refractivity contribution is -0.131. The van der Waals surface area contributed by atoms with Crippen molar-refractivity contribution in [3.63, 3.8) is 0 Å². The van der Waals surface area contributed by atoms with Crippen molar-refractivity contribution in [3.8, 4) is 0 Å². The van der Waals surface area contributed by atoms with E-state index in [4.69, 9.17) is 0 Å². The summed E-state index contributed by atoms with van der Waals surface area (Å²) >= 11 is 0. The zero-order valence-electron chi connectivity index (χ0n) is 19.0. The molecule has 0 aromatic heterocycles. The minimum absolute atomic E-state index is 0.0880. The Morgan fingerprint density at radius 2 is 1.84 bits per heavy atom. The number of nitrogens with zero attached hydrogens (tertiary/aromatic N) is 2. The Labute approximate surface area is 184 Å². The molecule has 0 saturated heterocycles. The van der Waals surface area contributed by atoms with Crippen LogP contribution in [0.1, 0.15) is 47.1 Å². The molecule has 2 aromatic rings. The maximum atomic E-state index is 13.1. The van der Waals surface area contributed by atoms with E-state index in [2.05, 4.69) is 54.0 Å². The lowest BCUT2D eigenvalue weighted by atomic mass is 9.77. The van der Waals surface area contributed by atoms with E-state index in [1.54, 1.807) is 0 Å². The van der Waals surface area contributed by atoms with Crippen LogP contribution in [0.3, 0.4) is 0 Å². The molecule has 4 rings (SSSR count). The van der Waals surface area contributed by atoms with E-state index in [-0.39, 0.29) is 31.0 Å². The van der Waals surface area contributed by atoms with Gasteiger partial charge in [0.05, 0.1) is 0 Å². The third kappa shape index (κ3) is 4.60. The molecule has 2 aliphatic rings. The lowest BCUT2D eigenvalue weighted by Gasteiger charge is -2.35. The zero-order chi connectivity index (χ0) is 22.3. The average Bonchev–Trinajstić information content (AvgIpc) is 2.69. The molecule has 0 spiro atoms. The topological polar surface area (TPSA) is 23.6 Å². The number of halogens is 2. The average molecular weight is 427 g/mol.